The summed E-state index contributed by atoms with van der Waals surface area (Å²) in [6.45, 7) is 7.52. The monoisotopic (exact) mass is 577 g/mol. The molecule has 200 valence electrons. The topological polar surface area (TPSA) is 125 Å². The maximum Gasteiger partial charge on any atom is 0.344 e. The number of rotatable bonds is 13. The van der Waals surface area contributed by atoms with Crippen LogP contribution in [0.5, 0.6) is 17.2 Å². The number of ether oxygens (including phenoxy) is 4. The van der Waals surface area contributed by atoms with E-state index in [-0.39, 0.29) is 25.0 Å². The number of methoxy groups -OCH3 is 1. The van der Waals surface area contributed by atoms with Crippen LogP contribution < -0.4 is 25.0 Å². The molecule has 0 aliphatic heterocycles. The molecule has 2 aromatic carbocycles. The molecule has 0 spiro atoms. The van der Waals surface area contributed by atoms with Gasteiger partial charge in [-0.25, -0.2) is 10.2 Å². The van der Waals surface area contributed by atoms with Gasteiger partial charge >= 0.3 is 5.97 Å². The van der Waals surface area contributed by atoms with E-state index in [9.17, 15) is 14.4 Å². The van der Waals surface area contributed by atoms with Gasteiger partial charge in [0.05, 0.1) is 31.0 Å². The van der Waals surface area contributed by atoms with Crippen molar-refractivity contribution in [2.24, 2.45) is 11.0 Å². The Kier molecular flexibility index (Phi) is 11.9. The van der Waals surface area contributed by atoms with Gasteiger partial charge in [-0.05, 0) is 77.7 Å². The Labute approximate surface area is 224 Å². The van der Waals surface area contributed by atoms with Crippen molar-refractivity contribution >= 4 is 39.9 Å². The first-order valence-corrected chi connectivity index (χ1v) is 12.5. The van der Waals surface area contributed by atoms with E-state index >= 15 is 0 Å². The average Bonchev–Trinajstić information content (AvgIpc) is 2.86. The molecule has 11 heteroatoms. The highest BCUT2D eigenvalue weighted by molar-refractivity contribution is 9.10. The molecule has 2 aromatic rings. The van der Waals surface area contributed by atoms with E-state index in [4.69, 9.17) is 18.9 Å². The second kappa shape index (κ2) is 14.8. The molecule has 0 aromatic heterocycles. The predicted octanol–water partition coefficient (Wildman–Crippen LogP) is 3.70. The fourth-order valence-corrected chi connectivity index (χ4v) is 3.72. The Balaban J connectivity index is 2.09. The third-order valence-corrected chi connectivity index (χ3v) is 5.54. The maximum absolute atomic E-state index is 12.8. The summed E-state index contributed by atoms with van der Waals surface area (Å²) in [7, 11) is 1.54. The Morgan fingerprint density at radius 1 is 1.05 bits per heavy atom. The molecule has 2 rings (SSSR count). The number of esters is 1. The number of benzene rings is 2. The largest absolute Gasteiger partial charge is 0.497 e. The molecule has 0 saturated heterocycles. The van der Waals surface area contributed by atoms with Crippen molar-refractivity contribution in [3.8, 4) is 17.2 Å². The Bertz CT molecular complexity index is 1100. The lowest BCUT2D eigenvalue weighted by Crippen LogP contribution is -2.48. The lowest BCUT2D eigenvalue weighted by molar-refractivity contribution is -0.145. The fourth-order valence-electron chi connectivity index (χ4n) is 3.14. The first kappa shape index (κ1) is 29.6. The number of nitrogens with one attached hydrogen (secondary N) is 2. The molecular weight excluding hydrogens is 546 g/mol. The van der Waals surface area contributed by atoms with Crippen LogP contribution in [0, 0.1) is 5.92 Å². The summed E-state index contributed by atoms with van der Waals surface area (Å²) in [4.78, 5) is 37.1. The van der Waals surface area contributed by atoms with Gasteiger partial charge < -0.3 is 24.3 Å². The molecule has 2 N–H and O–H groups in total. The predicted molar refractivity (Wildman–Crippen MR) is 142 cm³/mol. The molecular formula is C26H32BrN3O7. The number of hydrogen-bond donors (Lipinski definition) is 2. The number of nitrogens with zero attached hydrogens (tertiary/aromatic N) is 1. The van der Waals surface area contributed by atoms with Gasteiger partial charge in [-0.3, -0.25) is 9.59 Å². The molecule has 2 amide bonds. The van der Waals surface area contributed by atoms with E-state index in [0.29, 0.717) is 39.5 Å². The van der Waals surface area contributed by atoms with Crippen molar-refractivity contribution in [3.63, 3.8) is 0 Å². The minimum absolute atomic E-state index is 0.188. The van der Waals surface area contributed by atoms with Crippen molar-refractivity contribution in [1.82, 2.24) is 10.7 Å². The van der Waals surface area contributed by atoms with Gasteiger partial charge in [0, 0.05) is 5.56 Å². The minimum atomic E-state index is -0.809. The summed E-state index contributed by atoms with van der Waals surface area (Å²) >= 11 is 3.42. The minimum Gasteiger partial charge on any atom is -0.497 e. The Hall–Kier alpha value is -3.60. The third kappa shape index (κ3) is 9.09. The summed E-state index contributed by atoms with van der Waals surface area (Å²) in [6.07, 6.45) is 1.43. The molecule has 0 heterocycles. The van der Waals surface area contributed by atoms with Crippen molar-refractivity contribution in [3.05, 3.63) is 52.0 Å². The van der Waals surface area contributed by atoms with Gasteiger partial charge in [0.2, 0.25) is 0 Å². The number of carbonyl (C=O) groups is 3. The Morgan fingerprint density at radius 2 is 1.76 bits per heavy atom. The standard InChI is InChI=1S/C26H32BrN3O7/c1-6-35-21-13-17(12-20(27)24(21)37-15-22(31)36-7-2)14-28-30-26(33)23(16(3)4)29-25(32)18-8-10-19(34-5)11-9-18/h8-14,16,23H,6-7,15H2,1-5H3,(H,29,32)(H,30,33). The fraction of sp³-hybridized carbons (Fsp3) is 0.385. The number of hydrogen-bond acceptors (Lipinski definition) is 8. The van der Waals surface area contributed by atoms with Crippen molar-refractivity contribution < 1.29 is 33.3 Å². The number of hydrazone groups is 1. The lowest BCUT2D eigenvalue weighted by atomic mass is 10.0. The van der Waals surface area contributed by atoms with Crippen LogP contribution in [0.15, 0.2) is 46.0 Å². The van der Waals surface area contributed by atoms with Crippen LogP contribution in [0.25, 0.3) is 0 Å². The second-order valence-electron chi connectivity index (χ2n) is 8.01. The van der Waals surface area contributed by atoms with Gasteiger partial charge in [-0.15, -0.1) is 0 Å². The first-order valence-electron chi connectivity index (χ1n) is 11.7. The highest BCUT2D eigenvalue weighted by atomic mass is 79.9. The second-order valence-corrected chi connectivity index (χ2v) is 8.87. The van der Waals surface area contributed by atoms with Crippen LogP contribution >= 0.6 is 15.9 Å². The molecule has 10 nitrogen and oxygen atoms in total. The van der Waals surface area contributed by atoms with Gasteiger partial charge in [0.15, 0.2) is 18.1 Å². The van der Waals surface area contributed by atoms with E-state index in [1.54, 1.807) is 50.4 Å². The SMILES string of the molecule is CCOC(=O)COc1c(Br)cc(C=NNC(=O)C(NC(=O)c2ccc(OC)cc2)C(C)C)cc1OCC. The van der Waals surface area contributed by atoms with E-state index in [0.717, 1.165) is 0 Å². The third-order valence-electron chi connectivity index (χ3n) is 4.95. The summed E-state index contributed by atoms with van der Waals surface area (Å²) in [5.74, 6) is -0.175. The maximum atomic E-state index is 12.8. The van der Waals surface area contributed by atoms with E-state index in [2.05, 4.69) is 31.8 Å². The molecule has 37 heavy (non-hydrogen) atoms. The van der Waals surface area contributed by atoms with Crippen molar-refractivity contribution in [2.75, 3.05) is 26.9 Å². The molecule has 1 unspecified atom stereocenters. The summed E-state index contributed by atoms with van der Waals surface area (Å²) in [5, 5.41) is 6.78. The Morgan fingerprint density at radius 3 is 2.35 bits per heavy atom. The zero-order valence-electron chi connectivity index (χ0n) is 21.5. The quantitative estimate of drug-likeness (QED) is 0.211. The van der Waals surface area contributed by atoms with E-state index < -0.39 is 17.9 Å². The highest BCUT2D eigenvalue weighted by Gasteiger charge is 2.24. The normalized spacial score (nSPS) is 11.6. The van der Waals surface area contributed by atoms with Crippen molar-refractivity contribution in [2.45, 2.75) is 33.7 Å². The average molecular weight is 578 g/mol. The van der Waals surface area contributed by atoms with Crippen LogP contribution in [0.2, 0.25) is 0 Å². The lowest BCUT2D eigenvalue weighted by Gasteiger charge is -2.20. The molecule has 0 radical (unpaired) electrons. The van der Waals surface area contributed by atoms with Crippen LogP contribution in [-0.2, 0) is 14.3 Å². The molecule has 0 aliphatic rings. The van der Waals surface area contributed by atoms with Gasteiger partial charge in [0.1, 0.15) is 11.8 Å². The zero-order chi connectivity index (χ0) is 27.4. The molecule has 0 bridgehead atoms. The highest BCUT2D eigenvalue weighted by Crippen LogP contribution is 2.36. The van der Waals surface area contributed by atoms with Crippen LogP contribution in [0.1, 0.15) is 43.6 Å². The number of amides is 2. The molecule has 1 atom stereocenters. The summed E-state index contributed by atoms with van der Waals surface area (Å²) < 4.78 is 21.7. The van der Waals surface area contributed by atoms with Crippen LogP contribution in [0.4, 0.5) is 0 Å². The molecule has 0 aliphatic carbocycles. The smallest absolute Gasteiger partial charge is 0.344 e. The first-order chi connectivity index (χ1) is 17.7. The summed E-state index contributed by atoms with van der Waals surface area (Å²) in [6, 6.07) is 9.14. The zero-order valence-corrected chi connectivity index (χ0v) is 23.1. The van der Waals surface area contributed by atoms with Crippen LogP contribution in [-0.4, -0.2) is 57.0 Å². The van der Waals surface area contributed by atoms with Gasteiger partial charge in [-0.2, -0.15) is 5.10 Å². The molecule has 0 fully saturated rings. The van der Waals surface area contributed by atoms with Crippen LogP contribution in [0.3, 0.4) is 0 Å². The molecule has 0 saturated carbocycles. The van der Waals surface area contributed by atoms with E-state index in [1.165, 1.54) is 6.21 Å². The number of carbonyl (C=O) groups excluding carboxylic acids is 3. The van der Waals surface area contributed by atoms with Gasteiger partial charge in [-0.1, -0.05) is 13.8 Å². The number of halogens is 1. The van der Waals surface area contributed by atoms with Gasteiger partial charge in [0.25, 0.3) is 11.8 Å². The summed E-state index contributed by atoms with van der Waals surface area (Å²) in [5.41, 5.74) is 3.48. The van der Waals surface area contributed by atoms with Crippen molar-refractivity contribution in [1.29, 1.82) is 0 Å². The van der Waals surface area contributed by atoms with E-state index in [1.807, 2.05) is 20.8 Å².